The average molecular weight is 179 g/mol. The zero-order valence-electron chi connectivity index (χ0n) is 8.16. The fourth-order valence-electron chi connectivity index (χ4n) is 1.66. The molecule has 1 N–H and O–H groups in total. The number of aromatic nitrogens is 2. The summed E-state index contributed by atoms with van der Waals surface area (Å²) in [5.74, 6) is 0.938. The maximum Gasteiger partial charge on any atom is 0.0945 e. The second-order valence-corrected chi connectivity index (χ2v) is 3.92. The van der Waals surface area contributed by atoms with Gasteiger partial charge in [0.25, 0.3) is 0 Å². The molecular formula is C10H17N3. The van der Waals surface area contributed by atoms with Crippen molar-refractivity contribution in [2.45, 2.75) is 25.8 Å². The van der Waals surface area contributed by atoms with Gasteiger partial charge in [-0.3, -0.25) is 0 Å². The summed E-state index contributed by atoms with van der Waals surface area (Å²) >= 11 is 0. The number of aryl methyl sites for hydroxylation is 1. The minimum absolute atomic E-state index is 0.938. The summed E-state index contributed by atoms with van der Waals surface area (Å²) in [6, 6.07) is 0. The van der Waals surface area contributed by atoms with E-state index in [1.54, 1.807) is 0 Å². The van der Waals surface area contributed by atoms with E-state index in [1.165, 1.54) is 31.5 Å². The van der Waals surface area contributed by atoms with Gasteiger partial charge >= 0.3 is 0 Å². The highest BCUT2D eigenvalue weighted by Gasteiger charge is 2.16. The second kappa shape index (κ2) is 3.92. The normalized spacial score (nSPS) is 17.3. The van der Waals surface area contributed by atoms with E-state index >= 15 is 0 Å². The third kappa shape index (κ3) is 2.10. The van der Waals surface area contributed by atoms with E-state index in [0.29, 0.717) is 0 Å². The largest absolute Gasteiger partial charge is 0.337 e. The summed E-state index contributed by atoms with van der Waals surface area (Å²) in [6.07, 6.45) is 8.03. The van der Waals surface area contributed by atoms with E-state index in [-0.39, 0.29) is 0 Å². The van der Waals surface area contributed by atoms with Crippen molar-refractivity contribution in [2.75, 3.05) is 6.54 Å². The highest BCUT2D eigenvalue weighted by Crippen LogP contribution is 2.25. The molecule has 0 amide bonds. The monoisotopic (exact) mass is 179 g/mol. The van der Waals surface area contributed by atoms with Crippen molar-refractivity contribution in [3.8, 4) is 0 Å². The Hall–Kier alpha value is -0.830. The summed E-state index contributed by atoms with van der Waals surface area (Å²) in [7, 11) is 2.04. The molecule has 0 radical (unpaired) electrons. The van der Waals surface area contributed by atoms with Gasteiger partial charge in [-0.2, -0.15) is 0 Å². The summed E-state index contributed by atoms with van der Waals surface area (Å²) in [5, 5.41) is 3.47. The van der Waals surface area contributed by atoms with Gasteiger partial charge in [-0.1, -0.05) is 6.42 Å². The first kappa shape index (κ1) is 8.75. The van der Waals surface area contributed by atoms with E-state index in [4.69, 9.17) is 0 Å². The first-order valence-electron chi connectivity index (χ1n) is 5.02. The van der Waals surface area contributed by atoms with Crippen LogP contribution in [-0.2, 0) is 13.6 Å². The molecule has 0 unspecified atom stereocenters. The van der Waals surface area contributed by atoms with Gasteiger partial charge in [0.15, 0.2) is 0 Å². The van der Waals surface area contributed by atoms with Crippen LogP contribution in [0.15, 0.2) is 12.5 Å². The van der Waals surface area contributed by atoms with Crippen molar-refractivity contribution in [3.63, 3.8) is 0 Å². The lowest BCUT2D eigenvalue weighted by molar-refractivity contribution is 0.300. The molecule has 1 heterocycles. The lowest BCUT2D eigenvalue weighted by Crippen LogP contribution is -2.27. The zero-order valence-corrected chi connectivity index (χ0v) is 8.16. The average Bonchev–Trinajstić information content (AvgIpc) is 2.42. The van der Waals surface area contributed by atoms with E-state index in [1.807, 2.05) is 19.6 Å². The van der Waals surface area contributed by atoms with Crippen molar-refractivity contribution in [2.24, 2.45) is 13.0 Å². The Bertz CT molecular complexity index is 263. The topological polar surface area (TPSA) is 29.9 Å². The summed E-state index contributed by atoms with van der Waals surface area (Å²) in [6.45, 7) is 2.12. The molecule has 2 rings (SSSR count). The van der Waals surface area contributed by atoms with Crippen LogP contribution in [0.2, 0.25) is 0 Å². The van der Waals surface area contributed by atoms with Crippen LogP contribution in [0.25, 0.3) is 0 Å². The Kier molecular flexibility index (Phi) is 2.64. The maximum atomic E-state index is 4.08. The van der Waals surface area contributed by atoms with Gasteiger partial charge in [-0.15, -0.1) is 0 Å². The Morgan fingerprint density at radius 2 is 2.46 bits per heavy atom. The second-order valence-electron chi connectivity index (χ2n) is 3.92. The van der Waals surface area contributed by atoms with Crippen LogP contribution >= 0.6 is 0 Å². The van der Waals surface area contributed by atoms with Crippen LogP contribution in [0, 0.1) is 5.92 Å². The number of nitrogens with zero attached hydrogens (tertiary/aromatic N) is 2. The van der Waals surface area contributed by atoms with E-state index in [0.717, 1.165) is 12.5 Å². The van der Waals surface area contributed by atoms with Crippen LogP contribution in [0.5, 0.6) is 0 Å². The molecule has 1 saturated carbocycles. The Labute approximate surface area is 79.2 Å². The van der Waals surface area contributed by atoms with Crippen molar-refractivity contribution in [3.05, 3.63) is 18.2 Å². The Balaban J connectivity index is 1.70. The Morgan fingerprint density at radius 1 is 1.62 bits per heavy atom. The molecule has 0 bridgehead atoms. The fourth-order valence-corrected chi connectivity index (χ4v) is 1.66. The van der Waals surface area contributed by atoms with E-state index in [9.17, 15) is 0 Å². The molecule has 3 nitrogen and oxygen atoms in total. The number of imidazole rings is 1. The van der Waals surface area contributed by atoms with Crippen molar-refractivity contribution < 1.29 is 0 Å². The Morgan fingerprint density at radius 3 is 3.00 bits per heavy atom. The molecule has 1 aliphatic carbocycles. The third-order valence-electron chi connectivity index (χ3n) is 2.88. The van der Waals surface area contributed by atoms with Crippen LogP contribution in [0.4, 0.5) is 0 Å². The van der Waals surface area contributed by atoms with Gasteiger partial charge in [0.2, 0.25) is 0 Å². The van der Waals surface area contributed by atoms with E-state index in [2.05, 4.69) is 14.9 Å². The zero-order chi connectivity index (χ0) is 9.10. The molecule has 0 spiro atoms. The van der Waals surface area contributed by atoms with Gasteiger partial charge in [-0.25, -0.2) is 4.98 Å². The van der Waals surface area contributed by atoms with Crippen molar-refractivity contribution in [1.29, 1.82) is 0 Å². The molecule has 1 fully saturated rings. The fraction of sp³-hybridized carbons (Fsp3) is 0.700. The first-order valence-corrected chi connectivity index (χ1v) is 5.02. The van der Waals surface area contributed by atoms with Crippen LogP contribution in [0.1, 0.15) is 25.0 Å². The smallest absolute Gasteiger partial charge is 0.0945 e. The molecule has 1 aromatic rings. The number of rotatable bonds is 4. The molecule has 1 aromatic heterocycles. The highest BCUT2D eigenvalue weighted by molar-refractivity contribution is 4.96. The third-order valence-corrected chi connectivity index (χ3v) is 2.88. The lowest BCUT2D eigenvalue weighted by Gasteiger charge is -2.25. The predicted molar refractivity (Wildman–Crippen MR) is 52.3 cm³/mol. The molecule has 1 aliphatic rings. The van der Waals surface area contributed by atoms with Crippen molar-refractivity contribution >= 4 is 0 Å². The summed E-state index contributed by atoms with van der Waals surface area (Å²) < 4.78 is 2.06. The maximum absolute atomic E-state index is 4.08. The first-order chi connectivity index (χ1) is 6.36. The molecule has 72 valence electrons. The molecule has 0 atom stereocenters. The standard InChI is InChI=1S/C10H17N3/c1-13-8-12-7-10(13)6-11-5-9-3-2-4-9/h7-9,11H,2-6H2,1H3. The molecule has 13 heavy (non-hydrogen) atoms. The van der Waals surface area contributed by atoms with Gasteiger partial charge in [0, 0.05) is 19.8 Å². The van der Waals surface area contributed by atoms with Crippen LogP contribution in [0.3, 0.4) is 0 Å². The predicted octanol–water partition coefficient (Wildman–Crippen LogP) is 1.31. The van der Waals surface area contributed by atoms with E-state index < -0.39 is 0 Å². The highest BCUT2D eigenvalue weighted by atomic mass is 15.0. The van der Waals surface area contributed by atoms with Gasteiger partial charge < -0.3 is 9.88 Å². The molecular weight excluding hydrogens is 162 g/mol. The SMILES string of the molecule is Cn1cncc1CNCC1CCC1. The number of nitrogens with one attached hydrogen (secondary N) is 1. The molecule has 3 heteroatoms. The summed E-state index contributed by atoms with van der Waals surface area (Å²) in [5.41, 5.74) is 1.26. The minimum Gasteiger partial charge on any atom is -0.337 e. The quantitative estimate of drug-likeness (QED) is 0.755. The van der Waals surface area contributed by atoms with Gasteiger partial charge in [0.05, 0.1) is 12.0 Å². The molecule has 0 saturated heterocycles. The number of hydrogen-bond acceptors (Lipinski definition) is 2. The lowest BCUT2D eigenvalue weighted by atomic mass is 9.85. The number of hydrogen-bond donors (Lipinski definition) is 1. The van der Waals surface area contributed by atoms with Crippen LogP contribution in [-0.4, -0.2) is 16.1 Å². The van der Waals surface area contributed by atoms with Gasteiger partial charge in [0.1, 0.15) is 0 Å². The van der Waals surface area contributed by atoms with Crippen LogP contribution < -0.4 is 5.32 Å². The molecule has 0 aromatic carbocycles. The minimum atomic E-state index is 0.938. The van der Waals surface area contributed by atoms with Crippen molar-refractivity contribution in [1.82, 2.24) is 14.9 Å². The molecule has 0 aliphatic heterocycles. The van der Waals surface area contributed by atoms with Gasteiger partial charge in [-0.05, 0) is 25.3 Å². The summed E-state index contributed by atoms with van der Waals surface area (Å²) in [4.78, 5) is 4.08.